The molecule has 0 aliphatic heterocycles. The van der Waals surface area contributed by atoms with E-state index in [0.29, 0.717) is 33.4 Å². The number of benzene rings is 4. The predicted molar refractivity (Wildman–Crippen MR) is 182 cm³/mol. The second kappa shape index (κ2) is 15.6. The van der Waals surface area contributed by atoms with Crippen LogP contribution in [0.15, 0.2) is 125 Å². The number of hydrogen-bond donors (Lipinski definition) is 3. The van der Waals surface area contributed by atoms with E-state index in [1.54, 1.807) is 78.3 Å². The number of aromatic nitrogens is 1. The van der Waals surface area contributed by atoms with Crippen molar-refractivity contribution < 1.29 is 23.9 Å². The Kier molecular flexibility index (Phi) is 10.8. The number of methoxy groups -OCH3 is 2. The normalized spacial score (nSPS) is 11.7. The molecule has 0 fully saturated rings. The number of thiazole rings is 1. The van der Waals surface area contributed by atoms with Crippen LogP contribution in [0.3, 0.4) is 0 Å². The van der Waals surface area contributed by atoms with Crippen LogP contribution >= 0.6 is 23.1 Å². The Morgan fingerprint density at radius 1 is 0.848 bits per heavy atom. The van der Waals surface area contributed by atoms with Crippen molar-refractivity contribution in [2.24, 2.45) is 0 Å². The SMILES string of the molecule is COc1cccc(/C=C(/NC(=O)c2ccccc2)C(=O)Nc2cccc(SC(C(=O)Nc3nccs3)c3ccccc3)c2)c1OC. The third-order valence-corrected chi connectivity index (χ3v) is 8.55. The van der Waals surface area contributed by atoms with Gasteiger partial charge in [-0.15, -0.1) is 23.1 Å². The van der Waals surface area contributed by atoms with Crippen molar-refractivity contribution in [2.75, 3.05) is 24.9 Å². The molecule has 1 unspecified atom stereocenters. The summed E-state index contributed by atoms with van der Waals surface area (Å²) in [5.74, 6) is -0.350. The van der Waals surface area contributed by atoms with E-state index >= 15 is 0 Å². The van der Waals surface area contributed by atoms with Crippen LogP contribution in [0.2, 0.25) is 0 Å². The Hall–Kier alpha value is -5.39. The van der Waals surface area contributed by atoms with Gasteiger partial charge >= 0.3 is 0 Å². The fourth-order valence-corrected chi connectivity index (χ4v) is 6.08. The standard InChI is InChI=1S/C35H30N4O5S2/c1-43-29-18-9-15-25(30(29)44-2)21-28(38-32(40)24-13-7-4-8-14-24)33(41)37-26-16-10-17-27(22-26)46-31(23-11-5-3-6-12-23)34(42)39-35-36-19-20-45-35/h3-22,31H,1-2H3,(H,37,41)(H,38,40)(H,36,39,42)/b28-21+. The minimum Gasteiger partial charge on any atom is -0.493 e. The maximum atomic E-state index is 13.7. The van der Waals surface area contributed by atoms with Crippen molar-refractivity contribution in [1.82, 2.24) is 10.3 Å². The molecule has 1 heterocycles. The van der Waals surface area contributed by atoms with Gasteiger partial charge < -0.3 is 25.4 Å². The van der Waals surface area contributed by atoms with E-state index < -0.39 is 17.1 Å². The number of nitrogens with one attached hydrogen (secondary N) is 3. The van der Waals surface area contributed by atoms with Gasteiger partial charge in [0, 0.05) is 33.3 Å². The zero-order valence-corrected chi connectivity index (χ0v) is 26.6. The Bertz CT molecular complexity index is 1830. The van der Waals surface area contributed by atoms with Crippen LogP contribution < -0.4 is 25.4 Å². The second-order valence-electron chi connectivity index (χ2n) is 9.68. The van der Waals surface area contributed by atoms with Crippen LogP contribution in [0, 0.1) is 0 Å². The average molecular weight is 651 g/mol. The van der Waals surface area contributed by atoms with Gasteiger partial charge in [-0.05, 0) is 48.0 Å². The summed E-state index contributed by atoms with van der Waals surface area (Å²) < 4.78 is 11.0. The first-order chi connectivity index (χ1) is 22.4. The molecule has 0 radical (unpaired) electrons. The first-order valence-electron chi connectivity index (χ1n) is 14.1. The Morgan fingerprint density at radius 3 is 2.28 bits per heavy atom. The molecule has 5 aromatic rings. The van der Waals surface area contributed by atoms with Gasteiger partial charge in [-0.1, -0.05) is 66.7 Å². The van der Waals surface area contributed by atoms with Crippen molar-refractivity contribution in [3.8, 4) is 11.5 Å². The van der Waals surface area contributed by atoms with E-state index in [4.69, 9.17) is 9.47 Å². The number of rotatable bonds is 12. The highest BCUT2D eigenvalue weighted by Crippen LogP contribution is 2.37. The van der Waals surface area contributed by atoms with Gasteiger partial charge in [0.1, 0.15) is 10.9 Å². The van der Waals surface area contributed by atoms with Gasteiger partial charge in [0.05, 0.1) is 14.2 Å². The zero-order valence-electron chi connectivity index (χ0n) is 24.9. The maximum Gasteiger partial charge on any atom is 0.272 e. The molecular formula is C35H30N4O5S2. The van der Waals surface area contributed by atoms with Crippen molar-refractivity contribution in [3.63, 3.8) is 0 Å². The highest BCUT2D eigenvalue weighted by molar-refractivity contribution is 8.00. The molecule has 0 aliphatic rings. The molecule has 11 heteroatoms. The van der Waals surface area contributed by atoms with E-state index in [0.717, 1.165) is 10.5 Å². The molecule has 1 atom stereocenters. The second-order valence-corrected chi connectivity index (χ2v) is 11.8. The lowest BCUT2D eigenvalue weighted by atomic mass is 10.1. The molecule has 0 spiro atoms. The number of para-hydroxylation sites is 1. The topological polar surface area (TPSA) is 119 Å². The highest BCUT2D eigenvalue weighted by Gasteiger charge is 2.23. The molecule has 5 rings (SSSR count). The fraction of sp³-hybridized carbons (Fsp3) is 0.0857. The van der Waals surface area contributed by atoms with E-state index in [2.05, 4.69) is 20.9 Å². The lowest BCUT2D eigenvalue weighted by molar-refractivity contribution is -0.116. The number of nitrogens with zero attached hydrogens (tertiary/aromatic N) is 1. The number of carbonyl (C=O) groups excluding carboxylic acids is 3. The first-order valence-corrected chi connectivity index (χ1v) is 15.8. The Labute approximate surface area is 274 Å². The van der Waals surface area contributed by atoms with E-state index in [9.17, 15) is 14.4 Å². The molecule has 4 aromatic carbocycles. The molecule has 3 N–H and O–H groups in total. The lowest BCUT2D eigenvalue weighted by Crippen LogP contribution is -2.30. The number of amides is 3. The van der Waals surface area contributed by atoms with Gasteiger partial charge in [0.2, 0.25) is 5.91 Å². The Morgan fingerprint density at radius 2 is 1.59 bits per heavy atom. The summed E-state index contributed by atoms with van der Waals surface area (Å²) in [4.78, 5) is 45.1. The molecular weight excluding hydrogens is 621 g/mol. The van der Waals surface area contributed by atoms with Gasteiger partial charge in [0.25, 0.3) is 11.8 Å². The maximum absolute atomic E-state index is 13.7. The average Bonchev–Trinajstić information content (AvgIpc) is 3.60. The van der Waals surface area contributed by atoms with Crippen molar-refractivity contribution >= 4 is 57.7 Å². The summed E-state index contributed by atoms with van der Waals surface area (Å²) in [6.07, 6.45) is 3.16. The van der Waals surface area contributed by atoms with Gasteiger partial charge in [0.15, 0.2) is 16.6 Å². The number of ether oxygens (including phenoxy) is 2. The number of anilines is 2. The van der Waals surface area contributed by atoms with Crippen LogP contribution in [0.1, 0.15) is 26.7 Å². The number of carbonyl (C=O) groups is 3. The molecule has 0 saturated heterocycles. The lowest BCUT2D eigenvalue weighted by Gasteiger charge is -2.17. The van der Waals surface area contributed by atoms with E-state index in [1.165, 1.54) is 43.4 Å². The largest absolute Gasteiger partial charge is 0.493 e. The Balaban J connectivity index is 1.41. The quantitative estimate of drug-likeness (QED) is 0.0979. The molecule has 9 nitrogen and oxygen atoms in total. The van der Waals surface area contributed by atoms with E-state index in [-0.39, 0.29) is 11.6 Å². The third kappa shape index (κ3) is 8.20. The molecule has 0 aliphatic carbocycles. The number of thioether (sulfide) groups is 1. The third-order valence-electron chi connectivity index (χ3n) is 6.61. The van der Waals surface area contributed by atoms with Crippen molar-refractivity contribution in [1.29, 1.82) is 0 Å². The molecule has 0 bridgehead atoms. The van der Waals surface area contributed by atoms with Gasteiger partial charge in [-0.2, -0.15) is 0 Å². The summed E-state index contributed by atoms with van der Waals surface area (Å²) in [6, 6.07) is 30.5. The van der Waals surface area contributed by atoms with Crippen LogP contribution in [0.25, 0.3) is 6.08 Å². The minimum atomic E-state index is -0.586. The summed E-state index contributed by atoms with van der Waals surface area (Å²) in [6.45, 7) is 0. The van der Waals surface area contributed by atoms with Gasteiger partial charge in [-0.3, -0.25) is 14.4 Å². The summed E-state index contributed by atoms with van der Waals surface area (Å²) in [5.41, 5.74) is 2.20. The van der Waals surface area contributed by atoms with Crippen molar-refractivity contribution in [3.05, 3.63) is 137 Å². The smallest absolute Gasteiger partial charge is 0.272 e. The first kappa shape index (κ1) is 32.0. The predicted octanol–water partition coefficient (Wildman–Crippen LogP) is 7.04. The highest BCUT2D eigenvalue weighted by atomic mass is 32.2. The van der Waals surface area contributed by atoms with Crippen LogP contribution in [0.5, 0.6) is 11.5 Å². The van der Waals surface area contributed by atoms with E-state index in [1.807, 2.05) is 36.4 Å². The molecule has 46 heavy (non-hydrogen) atoms. The monoisotopic (exact) mass is 650 g/mol. The van der Waals surface area contributed by atoms with Crippen LogP contribution in [-0.2, 0) is 9.59 Å². The summed E-state index contributed by atoms with van der Waals surface area (Å²) in [7, 11) is 3.02. The summed E-state index contributed by atoms with van der Waals surface area (Å²) in [5, 5.41) is 10.2. The number of hydrogen-bond acceptors (Lipinski definition) is 8. The molecule has 0 saturated carbocycles. The summed E-state index contributed by atoms with van der Waals surface area (Å²) >= 11 is 2.68. The molecule has 1 aromatic heterocycles. The zero-order chi connectivity index (χ0) is 32.3. The van der Waals surface area contributed by atoms with Crippen LogP contribution in [0.4, 0.5) is 10.8 Å². The molecule has 3 amide bonds. The van der Waals surface area contributed by atoms with Crippen LogP contribution in [-0.4, -0.2) is 36.9 Å². The fourth-order valence-electron chi connectivity index (χ4n) is 4.46. The van der Waals surface area contributed by atoms with Crippen molar-refractivity contribution in [2.45, 2.75) is 10.1 Å². The van der Waals surface area contributed by atoms with Gasteiger partial charge in [-0.25, -0.2) is 4.98 Å². The minimum absolute atomic E-state index is 0.0107. The molecule has 232 valence electrons.